The number of ether oxygens (including phenoxy) is 2. The smallest absolute Gasteiger partial charge is 0.234 e. The molecule has 1 aliphatic rings. The largest absolute Gasteiger partial charge is 0.493 e. The molecule has 1 N–H and O–H groups in total. The number of piperazine rings is 1. The van der Waals surface area contributed by atoms with Gasteiger partial charge in [0.05, 0.1) is 20.8 Å². The molecule has 0 saturated carbocycles. The molecule has 0 bridgehead atoms. The lowest BCUT2D eigenvalue weighted by Crippen LogP contribution is -2.49. The first-order valence-electron chi connectivity index (χ1n) is 9.00. The molecule has 1 saturated heterocycles. The molecule has 1 fully saturated rings. The Balaban J connectivity index is 1.79. The lowest BCUT2D eigenvalue weighted by molar-refractivity contribution is -0.123. The van der Waals surface area contributed by atoms with Crippen molar-refractivity contribution in [2.45, 2.75) is 32.9 Å². The van der Waals surface area contributed by atoms with Gasteiger partial charge in [0, 0.05) is 38.8 Å². The van der Waals surface area contributed by atoms with Crippen molar-refractivity contribution in [3.05, 3.63) is 23.8 Å². The highest BCUT2D eigenvalue weighted by molar-refractivity contribution is 5.78. The van der Waals surface area contributed by atoms with Crippen molar-refractivity contribution in [3.63, 3.8) is 0 Å². The Morgan fingerprint density at radius 1 is 1.12 bits per heavy atom. The second kappa shape index (κ2) is 9.63. The van der Waals surface area contributed by atoms with E-state index >= 15 is 0 Å². The van der Waals surface area contributed by atoms with Gasteiger partial charge in [-0.25, -0.2) is 0 Å². The van der Waals surface area contributed by atoms with Crippen molar-refractivity contribution in [2.24, 2.45) is 0 Å². The molecule has 0 aliphatic carbocycles. The van der Waals surface area contributed by atoms with E-state index in [1.807, 2.05) is 19.1 Å². The highest BCUT2D eigenvalue weighted by Gasteiger charge is 2.19. The third-order valence-corrected chi connectivity index (χ3v) is 4.71. The van der Waals surface area contributed by atoms with Crippen molar-refractivity contribution in [3.8, 4) is 11.5 Å². The number of nitrogens with one attached hydrogen (secondary N) is 1. The molecule has 6 nitrogen and oxygen atoms in total. The van der Waals surface area contributed by atoms with E-state index in [1.54, 1.807) is 14.2 Å². The zero-order valence-electron chi connectivity index (χ0n) is 15.9. The van der Waals surface area contributed by atoms with E-state index < -0.39 is 0 Å². The molecule has 1 atom stereocenters. The molecule has 0 radical (unpaired) electrons. The molecular weight excluding hydrogens is 318 g/mol. The Kier molecular flexibility index (Phi) is 7.52. The van der Waals surface area contributed by atoms with Crippen molar-refractivity contribution >= 4 is 5.91 Å². The van der Waals surface area contributed by atoms with Gasteiger partial charge in [0.15, 0.2) is 11.5 Å². The van der Waals surface area contributed by atoms with Gasteiger partial charge in [0.25, 0.3) is 0 Å². The van der Waals surface area contributed by atoms with E-state index in [-0.39, 0.29) is 11.9 Å². The molecule has 2 rings (SSSR count). The first-order chi connectivity index (χ1) is 12.0. The van der Waals surface area contributed by atoms with Crippen LogP contribution in [0, 0.1) is 0 Å². The van der Waals surface area contributed by atoms with Crippen LogP contribution in [0.25, 0.3) is 0 Å². The fourth-order valence-electron chi connectivity index (χ4n) is 2.97. The fourth-order valence-corrected chi connectivity index (χ4v) is 2.97. The van der Waals surface area contributed by atoms with Gasteiger partial charge in [0.1, 0.15) is 0 Å². The number of carbonyl (C=O) groups is 1. The maximum Gasteiger partial charge on any atom is 0.234 e. The van der Waals surface area contributed by atoms with E-state index in [9.17, 15) is 4.79 Å². The monoisotopic (exact) mass is 349 g/mol. The summed E-state index contributed by atoms with van der Waals surface area (Å²) in [6.45, 7) is 9.26. The Labute approximate surface area is 151 Å². The predicted molar refractivity (Wildman–Crippen MR) is 99.2 cm³/mol. The minimum absolute atomic E-state index is 0.127. The number of nitrogens with zero attached hydrogens (tertiary/aromatic N) is 2. The van der Waals surface area contributed by atoms with E-state index in [4.69, 9.17) is 9.47 Å². The van der Waals surface area contributed by atoms with Gasteiger partial charge in [-0.15, -0.1) is 0 Å². The summed E-state index contributed by atoms with van der Waals surface area (Å²) >= 11 is 0. The van der Waals surface area contributed by atoms with Crippen LogP contribution >= 0.6 is 0 Å². The number of hydrogen-bond donors (Lipinski definition) is 1. The molecule has 1 amide bonds. The number of amides is 1. The van der Waals surface area contributed by atoms with E-state index in [0.717, 1.165) is 50.6 Å². The SMILES string of the molecule is CC[C@@H](C)NC(=O)CN1CCN(Cc2ccc(OC)c(OC)c2)CC1. The summed E-state index contributed by atoms with van der Waals surface area (Å²) in [7, 11) is 3.30. The summed E-state index contributed by atoms with van der Waals surface area (Å²) < 4.78 is 10.7. The number of benzene rings is 1. The standard InChI is InChI=1S/C19H31N3O3/c1-5-15(2)20-19(23)14-22-10-8-21(9-11-22)13-16-6-7-17(24-3)18(12-16)25-4/h6-7,12,15H,5,8-11,13-14H2,1-4H3,(H,20,23)/t15-/m1/s1. The van der Waals surface area contributed by atoms with Crippen molar-refractivity contribution in [1.82, 2.24) is 15.1 Å². The second-order valence-corrected chi connectivity index (χ2v) is 6.62. The molecule has 1 aromatic carbocycles. The van der Waals surface area contributed by atoms with E-state index in [1.165, 1.54) is 5.56 Å². The molecule has 0 unspecified atom stereocenters. The van der Waals surface area contributed by atoms with Crippen LogP contribution < -0.4 is 14.8 Å². The Bertz CT molecular complexity index is 557. The quantitative estimate of drug-likeness (QED) is 0.775. The van der Waals surface area contributed by atoms with Gasteiger partial charge in [-0.05, 0) is 31.0 Å². The first kappa shape index (κ1) is 19.5. The summed E-state index contributed by atoms with van der Waals surface area (Å²) in [5.41, 5.74) is 1.21. The van der Waals surface area contributed by atoms with Crippen LogP contribution in [-0.4, -0.2) is 68.7 Å². The molecule has 140 valence electrons. The number of rotatable bonds is 8. The molecule has 1 aliphatic heterocycles. The van der Waals surface area contributed by atoms with Crippen LogP contribution in [-0.2, 0) is 11.3 Å². The third kappa shape index (κ3) is 5.90. The minimum atomic E-state index is 0.127. The van der Waals surface area contributed by atoms with Crippen LogP contribution in [0.1, 0.15) is 25.8 Å². The van der Waals surface area contributed by atoms with Crippen LogP contribution in [0.4, 0.5) is 0 Å². The topological polar surface area (TPSA) is 54.0 Å². The minimum Gasteiger partial charge on any atom is -0.493 e. The maximum atomic E-state index is 12.0. The Hall–Kier alpha value is -1.79. The summed E-state index contributed by atoms with van der Waals surface area (Å²) in [5, 5.41) is 3.03. The molecule has 25 heavy (non-hydrogen) atoms. The average molecular weight is 349 g/mol. The molecule has 0 spiro atoms. The summed E-state index contributed by atoms with van der Waals surface area (Å²) in [5.74, 6) is 1.64. The molecule has 6 heteroatoms. The second-order valence-electron chi connectivity index (χ2n) is 6.62. The van der Waals surface area contributed by atoms with Crippen LogP contribution in [0.2, 0.25) is 0 Å². The average Bonchev–Trinajstić information content (AvgIpc) is 2.63. The molecular formula is C19H31N3O3. The fraction of sp³-hybridized carbons (Fsp3) is 0.632. The van der Waals surface area contributed by atoms with E-state index in [2.05, 4.69) is 28.1 Å². The highest BCUT2D eigenvalue weighted by atomic mass is 16.5. The Morgan fingerprint density at radius 2 is 1.76 bits per heavy atom. The third-order valence-electron chi connectivity index (χ3n) is 4.71. The highest BCUT2D eigenvalue weighted by Crippen LogP contribution is 2.28. The first-order valence-corrected chi connectivity index (χ1v) is 9.00. The number of methoxy groups -OCH3 is 2. The van der Waals surface area contributed by atoms with Crippen molar-refractivity contribution < 1.29 is 14.3 Å². The summed E-state index contributed by atoms with van der Waals surface area (Å²) in [4.78, 5) is 16.6. The molecule has 1 aromatic rings. The van der Waals surface area contributed by atoms with Gasteiger partial charge in [0.2, 0.25) is 5.91 Å². The van der Waals surface area contributed by atoms with E-state index in [0.29, 0.717) is 6.54 Å². The number of carbonyl (C=O) groups excluding carboxylic acids is 1. The number of hydrogen-bond acceptors (Lipinski definition) is 5. The van der Waals surface area contributed by atoms with Gasteiger partial charge in [-0.2, -0.15) is 0 Å². The Morgan fingerprint density at radius 3 is 2.36 bits per heavy atom. The van der Waals surface area contributed by atoms with Gasteiger partial charge in [-0.1, -0.05) is 13.0 Å². The van der Waals surface area contributed by atoms with Gasteiger partial charge < -0.3 is 14.8 Å². The van der Waals surface area contributed by atoms with Crippen molar-refractivity contribution in [2.75, 3.05) is 46.9 Å². The lowest BCUT2D eigenvalue weighted by atomic mass is 10.1. The van der Waals surface area contributed by atoms with Gasteiger partial charge in [-0.3, -0.25) is 14.6 Å². The zero-order valence-corrected chi connectivity index (χ0v) is 15.9. The predicted octanol–water partition coefficient (Wildman–Crippen LogP) is 1.74. The summed E-state index contributed by atoms with van der Waals surface area (Å²) in [6.07, 6.45) is 0.963. The zero-order chi connectivity index (χ0) is 18.2. The van der Waals surface area contributed by atoms with Gasteiger partial charge >= 0.3 is 0 Å². The maximum absolute atomic E-state index is 12.0. The van der Waals surface area contributed by atoms with Crippen LogP contribution in [0.5, 0.6) is 11.5 Å². The molecule has 0 aromatic heterocycles. The normalized spacial score (nSPS) is 17.1. The van der Waals surface area contributed by atoms with Crippen LogP contribution in [0.3, 0.4) is 0 Å². The van der Waals surface area contributed by atoms with Crippen LogP contribution in [0.15, 0.2) is 18.2 Å². The summed E-state index contributed by atoms with van der Waals surface area (Å²) in [6, 6.07) is 6.31. The lowest BCUT2D eigenvalue weighted by Gasteiger charge is -2.34. The molecule has 1 heterocycles. The van der Waals surface area contributed by atoms with Crippen molar-refractivity contribution in [1.29, 1.82) is 0 Å².